The Morgan fingerprint density at radius 3 is 2.00 bits per heavy atom. The molecule has 0 radical (unpaired) electrons. The van der Waals surface area contributed by atoms with Crippen molar-refractivity contribution in [2.75, 3.05) is 6.54 Å². The van der Waals surface area contributed by atoms with E-state index in [1.807, 2.05) is 13.8 Å². The molecule has 1 saturated heterocycles. The van der Waals surface area contributed by atoms with Crippen molar-refractivity contribution in [3.8, 4) is 0 Å². The number of carbonyl (C=O) groups is 1. The van der Waals surface area contributed by atoms with Crippen molar-refractivity contribution in [2.45, 2.75) is 110 Å². The molecule has 1 aliphatic carbocycles. The number of alkyl halides is 6. The number of piperidine rings is 1. The molecule has 1 N–H and O–H groups in total. The van der Waals surface area contributed by atoms with Crippen molar-refractivity contribution < 1.29 is 35.9 Å². The largest absolute Gasteiger partial charge is 0.444 e. The van der Waals surface area contributed by atoms with E-state index in [0.717, 1.165) is 6.08 Å². The number of amides is 1. The van der Waals surface area contributed by atoms with Gasteiger partial charge in [0, 0.05) is 35.7 Å². The van der Waals surface area contributed by atoms with Gasteiger partial charge in [0.25, 0.3) is 0 Å². The smallest absolute Gasteiger partial charge is 0.416 e. The summed E-state index contributed by atoms with van der Waals surface area (Å²) in [6.07, 6.45) is -7.12. The molecule has 0 saturated carbocycles. The number of likely N-dealkylation sites (tertiary alicyclic amines) is 1. The molecule has 3 unspecified atom stereocenters. The number of hydrogen-bond acceptors (Lipinski definition) is 3. The maximum absolute atomic E-state index is 13.3. The van der Waals surface area contributed by atoms with Crippen LogP contribution >= 0.6 is 0 Å². The van der Waals surface area contributed by atoms with Crippen LogP contribution in [0.2, 0.25) is 0 Å². The monoisotopic (exact) mass is 498 g/mol. The molecule has 0 bridgehead atoms. The van der Waals surface area contributed by atoms with Crippen LogP contribution in [0, 0.1) is 5.41 Å². The van der Waals surface area contributed by atoms with Gasteiger partial charge in [-0.15, -0.1) is 0 Å². The van der Waals surface area contributed by atoms with Crippen molar-refractivity contribution in [1.29, 1.82) is 0 Å². The van der Waals surface area contributed by atoms with Crippen LogP contribution in [0.3, 0.4) is 0 Å². The number of nitrogens with zero attached hydrogens (tertiary/aromatic N) is 1. The zero-order valence-electron chi connectivity index (χ0n) is 20.7. The maximum atomic E-state index is 13.3. The number of ether oxygens (including phenoxy) is 1. The summed E-state index contributed by atoms with van der Waals surface area (Å²) >= 11 is 0. The van der Waals surface area contributed by atoms with E-state index in [1.165, 1.54) is 6.92 Å². The fourth-order valence-corrected chi connectivity index (χ4v) is 4.76. The first-order valence-electron chi connectivity index (χ1n) is 11.7. The number of allylic oxidation sites excluding steroid dienone is 3. The summed E-state index contributed by atoms with van der Waals surface area (Å²) in [4.78, 5) is 14.6. The van der Waals surface area contributed by atoms with Crippen molar-refractivity contribution in [2.24, 2.45) is 5.41 Å². The van der Waals surface area contributed by atoms with Crippen LogP contribution in [0.5, 0.6) is 0 Å². The third kappa shape index (κ3) is 7.39. The molecule has 2 aliphatic rings. The van der Waals surface area contributed by atoms with Gasteiger partial charge in [-0.3, -0.25) is 0 Å². The molecule has 4 atom stereocenters. The number of halogens is 6. The van der Waals surface area contributed by atoms with Crippen molar-refractivity contribution in [1.82, 2.24) is 10.2 Å². The van der Waals surface area contributed by atoms with E-state index in [-0.39, 0.29) is 30.7 Å². The summed E-state index contributed by atoms with van der Waals surface area (Å²) in [5, 5.41) is 3.23. The van der Waals surface area contributed by atoms with Gasteiger partial charge in [-0.25, -0.2) is 4.79 Å². The van der Waals surface area contributed by atoms with Crippen LogP contribution in [0.15, 0.2) is 23.3 Å². The highest BCUT2D eigenvalue weighted by molar-refractivity contribution is 5.69. The molecule has 1 fully saturated rings. The Bertz CT molecular complexity index is 783. The highest BCUT2D eigenvalue weighted by Crippen LogP contribution is 2.44. The fourth-order valence-electron chi connectivity index (χ4n) is 4.76. The third-order valence-electron chi connectivity index (χ3n) is 6.36. The Balaban J connectivity index is 2.18. The summed E-state index contributed by atoms with van der Waals surface area (Å²) < 4.78 is 85.6. The van der Waals surface area contributed by atoms with Gasteiger partial charge in [-0.2, -0.15) is 26.3 Å². The second-order valence-electron chi connectivity index (χ2n) is 10.7. The molecular weight excluding hydrogens is 462 g/mol. The second kappa shape index (κ2) is 10.1. The van der Waals surface area contributed by atoms with E-state index in [9.17, 15) is 31.1 Å². The molecule has 1 heterocycles. The third-order valence-corrected chi connectivity index (χ3v) is 6.36. The van der Waals surface area contributed by atoms with Gasteiger partial charge >= 0.3 is 18.4 Å². The van der Waals surface area contributed by atoms with Crippen LogP contribution in [0.25, 0.3) is 0 Å². The Labute approximate surface area is 197 Å². The van der Waals surface area contributed by atoms with E-state index in [2.05, 4.69) is 5.32 Å². The van der Waals surface area contributed by atoms with Gasteiger partial charge in [-0.1, -0.05) is 26.8 Å². The van der Waals surface area contributed by atoms with Crippen LogP contribution in [0.1, 0.15) is 73.6 Å². The van der Waals surface area contributed by atoms with Crippen LogP contribution in [-0.4, -0.2) is 53.6 Å². The second-order valence-corrected chi connectivity index (χ2v) is 10.7. The number of nitrogens with one attached hydrogen (secondary N) is 1. The van der Waals surface area contributed by atoms with E-state index < -0.39 is 47.0 Å². The van der Waals surface area contributed by atoms with Gasteiger partial charge in [-0.05, 0) is 59.0 Å². The normalized spacial score (nSPS) is 28.9. The molecule has 0 spiro atoms. The molecule has 196 valence electrons. The number of rotatable bonds is 5. The van der Waals surface area contributed by atoms with Gasteiger partial charge in [0.05, 0.1) is 5.57 Å². The lowest BCUT2D eigenvalue weighted by atomic mass is 9.76. The summed E-state index contributed by atoms with van der Waals surface area (Å²) in [6.45, 7) is 10.6. The van der Waals surface area contributed by atoms with Crippen molar-refractivity contribution in [3.05, 3.63) is 23.3 Å². The highest BCUT2D eigenvalue weighted by atomic mass is 19.4. The first-order chi connectivity index (χ1) is 15.4. The maximum Gasteiger partial charge on any atom is 0.416 e. The first kappa shape index (κ1) is 28.5. The van der Waals surface area contributed by atoms with E-state index >= 15 is 0 Å². The lowest BCUT2D eigenvalue weighted by molar-refractivity contribution is -0.102. The molecule has 1 amide bonds. The Morgan fingerprint density at radius 1 is 1.06 bits per heavy atom. The zero-order valence-corrected chi connectivity index (χ0v) is 20.7. The van der Waals surface area contributed by atoms with Crippen molar-refractivity contribution >= 4 is 6.09 Å². The highest BCUT2D eigenvalue weighted by Gasteiger charge is 2.46. The average molecular weight is 499 g/mol. The van der Waals surface area contributed by atoms with Crippen LogP contribution < -0.4 is 5.32 Å². The van der Waals surface area contributed by atoms with E-state index in [4.69, 9.17) is 4.74 Å². The van der Waals surface area contributed by atoms with Gasteiger partial charge in [0.2, 0.25) is 0 Å². The minimum absolute atomic E-state index is 0.0377. The molecule has 34 heavy (non-hydrogen) atoms. The predicted molar refractivity (Wildman–Crippen MR) is 118 cm³/mol. The summed E-state index contributed by atoms with van der Waals surface area (Å²) in [5.74, 6) is 0. The zero-order chi connectivity index (χ0) is 26.1. The minimum Gasteiger partial charge on any atom is -0.444 e. The molecule has 0 aromatic carbocycles. The topological polar surface area (TPSA) is 41.6 Å². The SMILES string of the molecule is CCC1CC(NCC2(C)C=C(C(F)(F)F)C=C(C(F)(F)F)C2)C[C@H](CC)N1C(=O)OC(C)(C)C. The molecule has 2 rings (SSSR count). The summed E-state index contributed by atoms with van der Waals surface area (Å²) in [6, 6.07) is -0.428. The Kier molecular flexibility index (Phi) is 8.48. The quantitative estimate of drug-likeness (QED) is 0.419. The average Bonchev–Trinajstić information content (AvgIpc) is 2.68. The Hall–Kier alpha value is -1.71. The number of hydrogen-bond donors (Lipinski definition) is 1. The van der Waals surface area contributed by atoms with E-state index in [1.54, 1.807) is 25.7 Å². The summed E-state index contributed by atoms with van der Waals surface area (Å²) in [5.41, 5.74) is -4.45. The molecule has 0 aromatic rings. The van der Waals surface area contributed by atoms with Gasteiger partial charge < -0.3 is 15.0 Å². The predicted octanol–water partition coefficient (Wildman–Crippen LogP) is 6.92. The van der Waals surface area contributed by atoms with E-state index in [0.29, 0.717) is 25.7 Å². The van der Waals surface area contributed by atoms with Crippen LogP contribution in [-0.2, 0) is 4.74 Å². The van der Waals surface area contributed by atoms with Gasteiger partial charge in [0.1, 0.15) is 5.60 Å². The molecule has 4 nitrogen and oxygen atoms in total. The molecule has 0 aromatic heterocycles. The lowest BCUT2D eigenvalue weighted by Gasteiger charge is -2.46. The molecule has 10 heteroatoms. The minimum atomic E-state index is -4.86. The van der Waals surface area contributed by atoms with Crippen molar-refractivity contribution in [3.63, 3.8) is 0 Å². The van der Waals surface area contributed by atoms with Crippen LogP contribution in [0.4, 0.5) is 31.1 Å². The number of carbonyl (C=O) groups excluding carboxylic acids is 1. The van der Waals surface area contributed by atoms with Gasteiger partial charge in [0.15, 0.2) is 0 Å². The first-order valence-corrected chi connectivity index (χ1v) is 11.7. The fraction of sp³-hybridized carbons (Fsp3) is 0.792. The standard InChI is InChI=1S/C24H36F6N2O2/c1-7-18-10-17(11-19(8-2)32(18)20(33)34-21(3,4)5)31-14-22(6)12-15(23(25,26)27)9-16(13-22)24(28,29)30/h9,12,17-19,31H,7-8,10-11,13-14H2,1-6H3/t17?,18-,19?,22?/m0/s1. The lowest BCUT2D eigenvalue weighted by Crippen LogP contribution is -2.57. The summed E-state index contributed by atoms with van der Waals surface area (Å²) in [7, 11) is 0. The Morgan fingerprint density at radius 2 is 1.59 bits per heavy atom. The molecule has 1 aliphatic heterocycles. The molecular formula is C24H36F6N2O2.